The van der Waals surface area contributed by atoms with E-state index in [0.29, 0.717) is 12.3 Å². The van der Waals surface area contributed by atoms with Crippen LogP contribution < -0.4 is 0 Å². The lowest BCUT2D eigenvalue weighted by Crippen LogP contribution is -2.63. The van der Waals surface area contributed by atoms with Crippen LogP contribution in [0, 0.1) is 29.6 Å². The number of ether oxygens (including phenoxy) is 2. The van der Waals surface area contributed by atoms with Crippen molar-refractivity contribution < 1.29 is 24.2 Å². The third-order valence-electron chi connectivity index (χ3n) is 8.70. The first-order chi connectivity index (χ1) is 13.4. The predicted octanol–water partition coefficient (Wildman–Crippen LogP) is 2.13. The van der Waals surface area contributed by atoms with Gasteiger partial charge in [0.15, 0.2) is 0 Å². The van der Waals surface area contributed by atoms with Gasteiger partial charge in [-0.15, -0.1) is 0 Å². The molecule has 156 valence electrons. The van der Waals surface area contributed by atoms with E-state index in [9.17, 15) is 14.7 Å². The number of hydrogen-bond donors (Lipinski definition) is 1. The minimum Gasteiger partial charge on any atom is -0.460 e. The zero-order valence-electron chi connectivity index (χ0n) is 17.2. The highest BCUT2D eigenvalue weighted by Gasteiger charge is 2.72. The summed E-state index contributed by atoms with van der Waals surface area (Å²) in [6.45, 7) is 6.97. The van der Waals surface area contributed by atoms with Gasteiger partial charge in [0.25, 0.3) is 0 Å². The van der Waals surface area contributed by atoms with E-state index in [-0.39, 0.29) is 53.8 Å². The van der Waals surface area contributed by atoms with Gasteiger partial charge in [0.2, 0.25) is 0 Å². The van der Waals surface area contributed by atoms with Gasteiger partial charge in [0.05, 0.1) is 30.0 Å². The summed E-state index contributed by atoms with van der Waals surface area (Å²) in [5.74, 6) is -0.251. The van der Waals surface area contributed by atoms with Crippen molar-refractivity contribution in [3.63, 3.8) is 0 Å². The van der Waals surface area contributed by atoms with E-state index in [4.69, 9.17) is 9.47 Å². The Bertz CT molecular complexity index is 682. The molecule has 1 N–H and O–H groups in total. The molecule has 5 rings (SSSR count). The maximum absolute atomic E-state index is 12.7. The number of carbonyl (C=O) groups is 2. The molecule has 0 aromatic rings. The normalized spacial score (nSPS) is 53.4. The average molecular weight is 392 g/mol. The molecule has 1 spiro atoms. The first-order valence-electron chi connectivity index (χ1n) is 11.3. The van der Waals surface area contributed by atoms with Gasteiger partial charge in [0, 0.05) is 12.3 Å². The Balaban J connectivity index is 1.59. The second-order valence-corrected chi connectivity index (χ2v) is 9.98. The van der Waals surface area contributed by atoms with Gasteiger partial charge in [-0.2, -0.15) is 0 Å². The largest absolute Gasteiger partial charge is 0.460 e. The molecule has 0 aromatic carbocycles. The molecule has 0 radical (unpaired) electrons. The highest BCUT2D eigenvalue weighted by molar-refractivity contribution is 5.76. The van der Waals surface area contributed by atoms with E-state index in [2.05, 4.69) is 11.8 Å². The number of carbonyl (C=O) groups excluding carboxylic acids is 2. The molecule has 4 heterocycles. The fourth-order valence-electron chi connectivity index (χ4n) is 7.59. The number of esters is 2. The Kier molecular flexibility index (Phi) is 4.33. The van der Waals surface area contributed by atoms with E-state index in [1.54, 1.807) is 0 Å². The lowest BCUT2D eigenvalue weighted by Gasteiger charge is -2.52. The highest BCUT2D eigenvalue weighted by Crippen LogP contribution is 2.61. The molecule has 28 heavy (non-hydrogen) atoms. The number of aliphatic hydroxyl groups excluding tert-OH is 1. The molecule has 0 bridgehead atoms. The quantitative estimate of drug-likeness (QED) is 0.727. The van der Waals surface area contributed by atoms with Gasteiger partial charge in [-0.3, -0.25) is 14.5 Å². The zero-order chi connectivity index (χ0) is 19.8. The first-order valence-corrected chi connectivity index (χ1v) is 11.3. The van der Waals surface area contributed by atoms with Crippen LogP contribution >= 0.6 is 0 Å². The van der Waals surface area contributed by atoms with Crippen molar-refractivity contribution in [2.75, 3.05) is 6.54 Å². The standard InChI is InChI=1S/C22H33NO5/c1-4-13-14-7-5-6-8-23-15(16-9-11(2)20(25)27-16)10-22(19(14)23)17(18(13)24)12(3)21(26)28-22/h11-19,24H,4-10H2,1-3H3/t11-,12-,13+,14+,15-,16-,17+,18+,19+,22+/m1/s1. The maximum Gasteiger partial charge on any atom is 0.309 e. The zero-order valence-corrected chi connectivity index (χ0v) is 17.2. The van der Waals surface area contributed by atoms with E-state index in [1.807, 2.05) is 13.8 Å². The van der Waals surface area contributed by atoms with Crippen LogP contribution in [-0.2, 0) is 19.1 Å². The molecule has 1 saturated carbocycles. The first kappa shape index (κ1) is 18.9. The van der Waals surface area contributed by atoms with Crippen molar-refractivity contribution in [1.29, 1.82) is 0 Å². The van der Waals surface area contributed by atoms with Gasteiger partial charge < -0.3 is 14.6 Å². The molecule has 0 amide bonds. The summed E-state index contributed by atoms with van der Waals surface area (Å²) < 4.78 is 12.0. The highest BCUT2D eigenvalue weighted by atomic mass is 16.6. The Hall–Kier alpha value is -1.14. The van der Waals surface area contributed by atoms with Crippen molar-refractivity contribution in [2.45, 2.75) is 89.2 Å². The Morgan fingerprint density at radius 3 is 2.68 bits per heavy atom. The minimum atomic E-state index is -0.626. The summed E-state index contributed by atoms with van der Waals surface area (Å²) in [6, 6.07) is 0.227. The van der Waals surface area contributed by atoms with Gasteiger partial charge >= 0.3 is 11.9 Å². The molecule has 0 aromatic heterocycles. The van der Waals surface area contributed by atoms with Crippen LogP contribution in [0.15, 0.2) is 0 Å². The maximum atomic E-state index is 12.7. The molecular weight excluding hydrogens is 358 g/mol. The lowest BCUT2D eigenvalue weighted by atomic mass is 9.58. The molecule has 6 heteroatoms. The molecule has 5 aliphatic rings. The SMILES string of the molecule is CC[C@@H]1[C@H](O)[C@@H]2[C@@H](C)C(=O)O[C@@]23C[C@H]([C@H]2C[C@@H](C)C(=O)O2)N2CCCC[C@@H]1[C@H]23. The summed E-state index contributed by atoms with van der Waals surface area (Å²) >= 11 is 0. The molecule has 4 aliphatic heterocycles. The molecule has 10 atom stereocenters. The van der Waals surface area contributed by atoms with Crippen molar-refractivity contribution in [1.82, 2.24) is 4.90 Å². The van der Waals surface area contributed by atoms with Crippen LogP contribution in [0.3, 0.4) is 0 Å². The van der Waals surface area contributed by atoms with E-state index in [0.717, 1.165) is 38.6 Å². The summed E-state index contributed by atoms with van der Waals surface area (Å²) in [7, 11) is 0. The average Bonchev–Trinajstić information content (AvgIpc) is 3.16. The van der Waals surface area contributed by atoms with Crippen LogP contribution in [0.1, 0.15) is 59.3 Å². The summed E-state index contributed by atoms with van der Waals surface area (Å²) in [5.41, 5.74) is -0.626. The van der Waals surface area contributed by atoms with E-state index >= 15 is 0 Å². The van der Waals surface area contributed by atoms with Crippen molar-refractivity contribution in [3.8, 4) is 0 Å². The van der Waals surface area contributed by atoms with E-state index < -0.39 is 11.7 Å². The number of rotatable bonds is 2. The van der Waals surface area contributed by atoms with Crippen LogP contribution in [0.25, 0.3) is 0 Å². The smallest absolute Gasteiger partial charge is 0.309 e. The Labute approximate surface area is 166 Å². The summed E-state index contributed by atoms with van der Waals surface area (Å²) in [5, 5.41) is 11.4. The number of cyclic esters (lactones) is 1. The Morgan fingerprint density at radius 1 is 1.21 bits per heavy atom. The predicted molar refractivity (Wildman–Crippen MR) is 101 cm³/mol. The van der Waals surface area contributed by atoms with Crippen molar-refractivity contribution >= 4 is 11.9 Å². The number of nitrogens with zero attached hydrogens (tertiary/aromatic N) is 1. The molecular formula is C22H33NO5. The second kappa shape index (κ2) is 6.43. The monoisotopic (exact) mass is 391 g/mol. The summed E-state index contributed by atoms with van der Waals surface area (Å²) in [6.07, 6.45) is 5.03. The third-order valence-corrected chi connectivity index (χ3v) is 8.70. The Morgan fingerprint density at radius 2 is 2.00 bits per heavy atom. The third kappa shape index (κ3) is 2.33. The molecule has 0 unspecified atom stereocenters. The minimum absolute atomic E-state index is 0.0669. The molecule has 1 aliphatic carbocycles. The van der Waals surface area contributed by atoms with Gasteiger partial charge in [0.1, 0.15) is 11.7 Å². The van der Waals surface area contributed by atoms with Gasteiger partial charge in [-0.1, -0.05) is 33.6 Å². The van der Waals surface area contributed by atoms with E-state index in [1.165, 1.54) is 0 Å². The number of aliphatic hydroxyl groups is 1. The molecule has 6 nitrogen and oxygen atoms in total. The van der Waals surface area contributed by atoms with Crippen LogP contribution in [0.2, 0.25) is 0 Å². The second-order valence-electron chi connectivity index (χ2n) is 9.98. The molecule has 4 saturated heterocycles. The lowest BCUT2D eigenvalue weighted by molar-refractivity contribution is -0.170. The fourth-order valence-corrected chi connectivity index (χ4v) is 7.59. The van der Waals surface area contributed by atoms with Crippen molar-refractivity contribution in [3.05, 3.63) is 0 Å². The van der Waals surface area contributed by atoms with Crippen LogP contribution in [-0.4, -0.2) is 58.4 Å². The van der Waals surface area contributed by atoms with Gasteiger partial charge in [-0.05, 0) is 37.6 Å². The van der Waals surface area contributed by atoms with Crippen LogP contribution in [0.4, 0.5) is 0 Å². The number of hydrogen-bond acceptors (Lipinski definition) is 6. The van der Waals surface area contributed by atoms with Crippen molar-refractivity contribution in [2.24, 2.45) is 29.6 Å². The molecule has 5 fully saturated rings. The summed E-state index contributed by atoms with van der Waals surface area (Å²) in [4.78, 5) is 27.4. The fraction of sp³-hybridized carbons (Fsp3) is 0.909. The van der Waals surface area contributed by atoms with Crippen LogP contribution in [0.5, 0.6) is 0 Å². The topological polar surface area (TPSA) is 76.1 Å². The van der Waals surface area contributed by atoms with Gasteiger partial charge in [-0.25, -0.2) is 0 Å².